The Hall–Kier alpha value is -5.60. The van der Waals surface area contributed by atoms with Crippen LogP contribution in [0.1, 0.15) is 105 Å². The zero-order chi connectivity index (χ0) is 41.4. The van der Waals surface area contributed by atoms with Crippen molar-refractivity contribution in [2.75, 3.05) is 9.80 Å². The van der Waals surface area contributed by atoms with Crippen LogP contribution >= 0.6 is 0 Å². The van der Waals surface area contributed by atoms with Crippen LogP contribution in [0.4, 0.5) is 34.1 Å². The van der Waals surface area contributed by atoms with Crippen molar-refractivity contribution in [1.82, 2.24) is 0 Å². The maximum atomic E-state index is 2.46. The second kappa shape index (κ2) is 14.0. The van der Waals surface area contributed by atoms with Crippen molar-refractivity contribution in [2.24, 2.45) is 0 Å². The number of anilines is 6. The molecule has 294 valence electrons. The van der Waals surface area contributed by atoms with Gasteiger partial charge in [0.05, 0.1) is 11.4 Å². The summed E-state index contributed by atoms with van der Waals surface area (Å²) in [5.41, 5.74) is 12.5. The highest BCUT2D eigenvalue weighted by Crippen LogP contribution is 2.49. The molecule has 0 saturated heterocycles. The molecule has 0 N–H and O–H groups in total. The van der Waals surface area contributed by atoms with Crippen molar-refractivity contribution in [2.45, 2.75) is 105 Å². The fraction of sp³-hybridized carbons (Fsp3) is 0.286. The van der Waals surface area contributed by atoms with Crippen molar-refractivity contribution in [1.29, 1.82) is 0 Å². The summed E-state index contributed by atoms with van der Waals surface area (Å²) >= 11 is 0. The Kier molecular flexibility index (Phi) is 9.50. The van der Waals surface area contributed by atoms with Gasteiger partial charge < -0.3 is 9.80 Å². The summed E-state index contributed by atoms with van der Waals surface area (Å²) in [5, 5.41) is 7.54. The van der Waals surface area contributed by atoms with E-state index in [1.165, 1.54) is 65.9 Å². The normalized spacial score (nSPS) is 12.8. The molecule has 0 spiro atoms. The Morgan fingerprint density at radius 3 is 1.00 bits per heavy atom. The Morgan fingerprint density at radius 2 is 0.621 bits per heavy atom. The summed E-state index contributed by atoms with van der Waals surface area (Å²) in [4.78, 5) is 4.91. The largest absolute Gasteiger partial charge is 0.310 e. The van der Waals surface area contributed by atoms with Crippen LogP contribution in [0.2, 0.25) is 0 Å². The lowest BCUT2D eigenvalue weighted by atomic mass is 9.86. The van der Waals surface area contributed by atoms with Gasteiger partial charge in [-0.25, -0.2) is 0 Å². The molecule has 0 aliphatic rings. The summed E-state index contributed by atoms with van der Waals surface area (Å²) in [6.07, 6.45) is 0. The first-order chi connectivity index (χ1) is 27.3. The minimum Gasteiger partial charge on any atom is -0.310 e. The van der Waals surface area contributed by atoms with Crippen LogP contribution in [0.25, 0.3) is 32.3 Å². The Morgan fingerprint density at radius 1 is 0.293 bits per heavy atom. The predicted molar refractivity (Wildman–Crippen MR) is 254 cm³/mol. The highest BCUT2D eigenvalue weighted by molar-refractivity contribution is 6.29. The van der Waals surface area contributed by atoms with Crippen molar-refractivity contribution in [3.8, 4) is 0 Å². The van der Waals surface area contributed by atoms with Crippen LogP contribution in [0, 0.1) is 0 Å². The van der Waals surface area contributed by atoms with Crippen molar-refractivity contribution >= 4 is 66.4 Å². The van der Waals surface area contributed by atoms with Gasteiger partial charge in [0.25, 0.3) is 0 Å². The van der Waals surface area contributed by atoms with Gasteiger partial charge >= 0.3 is 0 Å². The first-order valence-electron chi connectivity index (χ1n) is 21.0. The maximum Gasteiger partial charge on any atom is 0.0546 e. The first kappa shape index (κ1) is 39.2. The smallest absolute Gasteiger partial charge is 0.0546 e. The second-order valence-electron chi connectivity index (χ2n) is 20.5. The molecule has 0 radical (unpaired) electrons. The van der Waals surface area contributed by atoms with E-state index in [1.54, 1.807) is 0 Å². The van der Waals surface area contributed by atoms with Gasteiger partial charge in [-0.1, -0.05) is 168 Å². The molecule has 2 nitrogen and oxygen atoms in total. The van der Waals surface area contributed by atoms with Crippen molar-refractivity contribution in [3.63, 3.8) is 0 Å². The van der Waals surface area contributed by atoms with E-state index in [0.29, 0.717) is 0 Å². The van der Waals surface area contributed by atoms with Gasteiger partial charge in [-0.15, -0.1) is 0 Å². The lowest BCUT2D eigenvalue weighted by Crippen LogP contribution is -2.15. The molecule has 0 aromatic heterocycles. The van der Waals surface area contributed by atoms with Crippen molar-refractivity contribution < 1.29 is 0 Å². The zero-order valence-corrected chi connectivity index (χ0v) is 36.8. The standard InChI is InChI=1S/C56H60N2/c1-53(2,3)39-18-26-43(27-19-39)57(44-28-20-40(21-29-44)54(4,5)6)49-35-17-38-36-50(47-15-13-14-37-16-34-48(49)52(38)51(37)47)58(45-30-22-41(23-31-45)55(7,8)9)46-32-24-42(25-33-46)56(10,11)12/h13-36H,1-12H3. The number of hydrogen-bond donors (Lipinski definition) is 0. The van der Waals surface area contributed by atoms with E-state index in [4.69, 9.17) is 0 Å². The Labute approximate surface area is 347 Å². The first-order valence-corrected chi connectivity index (χ1v) is 21.0. The van der Waals surface area contributed by atoms with Gasteiger partial charge in [-0.05, 0) is 126 Å². The van der Waals surface area contributed by atoms with E-state index in [2.05, 4.69) is 238 Å². The third kappa shape index (κ3) is 7.23. The average Bonchev–Trinajstić information content (AvgIpc) is 3.17. The molecule has 0 amide bonds. The molecule has 58 heavy (non-hydrogen) atoms. The molecule has 0 unspecified atom stereocenters. The number of rotatable bonds is 6. The summed E-state index contributed by atoms with van der Waals surface area (Å²) in [6.45, 7) is 27.4. The van der Waals surface area contributed by atoms with Crippen LogP contribution in [0.5, 0.6) is 0 Å². The van der Waals surface area contributed by atoms with Crippen LogP contribution < -0.4 is 9.80 Å². The number of benzene rings is 8. The third-order valence-corrected chi connectivity index (χ3v) is 12.0. The SMILES string of the molecule is CC(C)(C)c1ccc(N(c2ccc(C(C)(C)C)cc2)c2cc3ccc(N(c4ccc(C(C)(C)C)cc4)c4ccc(C(C)(C)C)cc4)c4ccc5cccc2c5c34)cc1. The highest BCUT2D eigenvalue weighted by Gasteiger charge is 2.25. The van der Waals surface area contributed by atoms with Crippen molar-refractivity contribution in [3.05, 3.63) is 168 Å². The Balaban J connectivity index is 1.36. The molecule has 8 aromatic rings. The minimum atomic E-state index is 0.0663. The number of nitrogens with zero attached hydrogens (tertiary/aromatic N) is 2. The van der Waals surface area contributed by atoms with E-state index in [9.17, 15) is 0 Å². The summed E-state index contributed by atoms with van der Waals surface area (Å²) in [7, 11) is 0. The summed E-state index contributed by atoms with van der Waals surface area (Å²) in [5.74, 6) is 0. The summed E-state index contributed by atoms with van der Waals surface area (Å²) in [6, 6.07) is 55.3. The van der Waals surface area contributed by atoms with Gasteiger partial charge in [0.2, 0.25) is 0 Å². The fourth-order valence-electron chi connectivity index (χ4n) is 8.47. The molecule has 0 aliphatic carbocycles. The van der Waals surface area contributed by atoms with Gasteiger partial charge in [0, 0.05) is 33.5 Å². The Bertz CT molecular complexity index is 2590. The average molecular weight is 761 g/mol. The fourth-order valence-corrected chi connectivity index (χ4v) is 8.47. The molecule has 0 bridgehead atoms. The lowest BCUT2D eigenvalue weighted by molar-refractivity contribution is 0.590. The molecular formula is C56H60N2. The molecule has 2 heteroatoms. The van der Waals surface area contributed by atoms with Gasteiger partial charge in [0.15, 0.2) is 0 Å². The molecule has 0 heterocycles. The van der Waals surface area contributed by atoms with E-state index in [-0.39, 0.29) is 21.7 Å². The molecule has 8 rings (SSSR count). The predicted octanol–water partition coefficient (Wildman–Crippen LogP) is 16.7. The topological polar surface area (TPSA) is 6.48 Å². The summed E-state index contributed by atoms with van der Waals surface area (Å²) < 4.78 is 0. The van der Waals surface area contributed by atoms with E-state index < -0.39 is 0 Å². The van der Waals surface area contributed by atoms with E-state index >= 15 is 0 Å². The minimum absolute atomic E-state index is 0.0663. The van der Waals surface area contributed by atoms with Gasteiger partial charge in [-0.3, -0.25) is 0 Å². The molecule has 0 saturated carbocycles. The van der Waals surface area contributed by atoms with E-state index in [1.807, 2.05) is 0 Å². The maximum absolute atomic E-state index is 2.46. The molecule has 0 aliphatic heterocycles. The van der Waals surface area contributed by atoms with Gasteiger partial charge in [0.1, 0.15) is 0 Å². The van der Waals surface area contributed by atoms with Crippen LogP contribution in [0.3, 0.4) is 0 Å². The van der Waals surface area contributed by atoms with Crippen LogP contribution in [0.15, 0.2) is 146 Å². The van der Waals surface area contributed by atoms with Crippen LogP contribution in [-0.2, 0) is 21.7 Å². The molecule has 0 fully saturated rings. The molecule has 8 aromatic carbocycles. The highest BCUT2D eigenvalue weighted by atomic mass is 15.2. The van der Waals surface area contributed by atoms with E-state index in [0.717, 1.165) is 22.7 Å². The monoisotopic (exact) mass is 760 g/mol. The van der Waals surface area contributed by atoms with Gasteiger partial charge in [-0.2, -0.15) is 0 Å². The third-order valence-electron chi connectivity index (χ3n) is 12.0. The molecular weight excluding hydrogens is 701 g/mol. The number of hydrogen-bond acceptors (Lipinski definition) is 2. The van der Waals surface area contributed by atoms with Crippen LogP contribution in [-0.4, -0.2) is 0 Å². The lowest BCUT2D eigenvalue weighted by Gasteiger charge is -2.31. The second-order valence-corrected chi connectivity index (χ2v) is 20.5. The zero-order valence-electron chi connectivity index (χ0n) is 36.8. The quantitative estimate of drug-likeness (QED) is 0.156. The molecule has 0 atom stereocenters.